The van der Waals surface area contributed by atoms with Crippen molar-refractivity contribution in [2.24, 2.45) is 17.3 Å². The Hall–Kier alpha value is -4.08. The molecule has 190 valence electrons. The van der Waals surface area contributed by atoms with Crippen molar-refractivity contribution in [1.82, 2.24) is 4.57 Å². The Labute approximate surface area is 214 Å². The first-order valence-corrected chi connectivity index (χ1v) is 13.0. The zero-order valence-electron chi connectivity index (χ0n) is 20.3. The largest absolute Gasteiger partial charge is 0.411 e. The van der Waals surface area contributed by atoms with E-state index in [4.69, 9.17) is 5.14 Å². The van der Waals surface area contributed by atoms with Gasteiger partial charge in [-0.1, -0.05) is 47.6 Å². The van der Waals surface area contributed by atoms with Crippen LogP contribution in [0.2, 0.25) is 0 Å². The van der Waals surface area contributed by atoms with Gasteiger partial charge in [-0.3, -0.25) is 4.79 Å². The van der Waals surface area contributed by atoms with Crippen LogP contribution >= 0.6 is 0 Å². The molecule has 3 N–H and O–H groups in total. The molecule has 0 unspecified atom stereocenters. The van der Waals surface area contributed by atoms with Crippen LogP contribution in [0.25, 0.3) is 11.1 Å². The molecule has 1 aromatic heterocycles. The molecule has 37 heavy (non-hydrogen) atoms. The average molecular weight is 520 g/mol. The molecule has 1 atom stereocenters. The van der Waals surface area contributed by atoms with Crippen LogP contribution in [0.1, 0.15) is 34.6 Å². The predicted molar refractivity (Wildman–Crippen MR) is 141 cm³/mol. The highest BCUT2D eigenvalue weighted by Gasteiger charge is 2.21. The Morgan fingerprint density at radius 3 is 2.16 bits per heavy atom. The number of hydrogen-bond donors (Lipinski definition) is 2. The van der Waals surface area contributed by atoms with Gasteiger partial charge < -0.3 is 9.77 Å². The number of halogens is 1. The van der Waals surface area contributed by atoms with Crippen LogP contribution in [0.5, 0.6) is 0 Å². The van der Waals surface area contributed by atoms with E-state index in [1.807, 2.05) is 31.2 Å². The molecule has 0 fully saturated rings. The van der Waals surface area contributed by atoms with Gasteiger partial charge in [0, 0.05) is 37.2 Å². The van der Waals surface area contributed by atoms with Crippen molar-refractivity contribution in [1.29, 1.82) is 0 Å². The van der Waals surface area contributed by atoms with Gasteiger partial charge in [0.15, 0.2) is 0 Å². The van der Waals surface area contributed by atoms with Crippen molar-refractivity contribution in [3.63, 3.8) is 0 Å². The van der Waals surface area contributed by atoms with Gasteiger partial charge in [0.2, 0.25) is 15.6 Å². The van der Waals surface area contributed by atoms with Crippen LogP contribution in [0.15, 0.2) is 99.9 Å². The predicted octanol–water partition coefficient (Wildman–Crippen LogP) is 4.55. The first-order chi connectivity index (χ1) is 17.6. The summed E-state index contributed by atoms with van der Waals surface area (Å²) in [6.07, 6.45) is 1.91. The monoisotopic (exact) mass is 519 g/mol. The number of aryl methyl sites for hydroxylation is 2. The molecular weight excluding hydrogens is 493 g/mol. The minimum absolute atomic E-state index is 0.0361. The first kappa shape index (κ1) is 26.0. The van der Waals surface area contributed by atoms with Crippen LogP contribution in [0.4, 0.5) is 4.39 Å². The molecule has 9 heteroatoms. The summed E-state index contributed by atoms with van der Waals surface area (Å²) in [6, 6.07) is 21.6. The third kappa shape index (κ3) is 5.84. The summed E-state index contributed by atoms with van der Waals surface area (Å²) in [4.78, 5) is 11.9. The minimum Gasteiger partial charge on any atom is -0.411 e. The van der Waals surface area contributed by atoms with Crippen LogP contribution in [-0.2, 0) is 17.1 Å². The fraction of sp³-hybridized carbons (Fsp3) is 0.143. The van der Waals surface area contributed by atoms with E-state index in [0.29, 0.717) is 17.7 Å². The maximum absolute atomic E-state index is 13.9. The minimum atomic E-state index is -3.78. The van der Waals surface area contributed by atoms with Crippen molar-refractivity contribution >= 4 is 15.7 Å². The van der Waals surface area contributed by atoms with Gasteiger partial charge in [-0.2, -0.15) is 0 Å². The Kier molecular flexibility index (Phi) is 7.37. The number of hydrogen-bond acceptors (Lipinski definition) is 5. The zero-order valence-corrected chi connectivity index (χ0v) is 21.1. The number of benzene rings is 3. The van der Waals surface area contributed by atoms with Crippen molar-refractivity contribution < 1.29 is 18.0 Å². The van der Waals surface area contributed by atoms with Crippen LogP contribution < -0.4 is 10.7 Å². The molecule has 3 aromatic carbocycles. The standard InChI is InChI=1S/C28H26FN3O4S/c1-18-15-23(29)10-13-25(18)26(16-27(31-34)22-9-14-28(33)32(2)17-22)21-5-3-19(4-6-21)20-7-11-24(12-8-20)37(30,35)36/h3-15,17,26,34H,16H2,1-2H3,(H2,30,35,36)/b31-27+/t26-/m1/s1. The topological polar surface area (TPSA) is 115 Å². The van der Waals surface area contributed by atoms with Gasteiger partial charge in [-0.05, 0) is 65.1 Å². The smallest absolute Gasteiger partial charge is 0.250 e. The summed E-state index contributed by atoms with van der Waals surface area (Å²) >= 11 is 0. The van der Waals surface area contributed by atoms with Crippen LogP contribution in [-0.4, -0.2) is 23.9 Å². The van der Waals surface area contributed by atoms with Crippen molar-refractivity contribution in [3.8, 4) is 11.1 Å². The Bertz CT molecular complexity index is 1630. The van der Waals surface area contributed by atoms with E-state index in [2.05, 4.69) is 5.16 Å². The molecule has 0 radical (unpaired) electrons. The third-order valence-corrected chi connectivity index (χ3v) is 7.30. The number of nitrogens with zero attached hydrogens (tertiary/aromatic N) is 2. The zero-order chi connectivity index (χ0) is 26.7. The summed E-state index contributed by atoms with van der Waals surface area (Å²) in [5, 5.41) is 18.6. The molecule has 7 nitrogen and oxygen atoms in total. The maximum Gasteiger partial charge on any atom is 0.250 e. The maximum atomic E-state index is 13.9. The number of nitrogens with two attached hydrogens (primary N) is 1. The molecule has 4 aromatic rings. The van der Waals surface area contributed by atoms with E-state index in [0.717, 1.165) is 27.8 Å². The summed E-state index contributed by atoms with van der Waals surface area (Å²) in [6.45, 7) is 1.83. The molecular formula is C28H26FN3O4S. The summed E-state index contributed by atoms with van der Waals surface area (Å²) < 4.78 is 38.4. The fourth-order valence-corrected chi connectivity index (χ4v) is 4.87. The van der Waals surface area contributed by atoms with Crippen molar-refractivity contribution in [2.45, 2.75) is 24.2 Å². The van der Waals surface area contributed by atoms with E-state index in [1.54, 1.807) is 37.5 Å². The van der Waals surface area contributed by atoms with Gasteiger partial charge in [0.05, 0.1) is 10.6 Å². The summed E-state index contributed by atoms with van der Waals surface area (Å²) in [7, 11) is -2.16. The molecule has 0 saturated carbocycles. The highest BCUT2D eigenvalue weighted by Crippen LogP contribution is 2.33. The van der Waals surface area contributed by atoms with Crippen LogP contribution in [0, 0.1) is 12.7 Å². The fourth-order valence-electron chi connectivity index (χ4n) is 4.36. The van der Waals surface area contributed by atoms with Gasteiger partial charge in [-0.15, -0.1) is 0 Å². The number of oxime groups is 1. The second-order valence-electron chi connectivity index (χ2n) is 8.86. The second kappa shape index (κ2) is 10.5. The SMILES string of the molecule is Cc1cc(F)ccc1[C@H](C/C(=N\O)c1ccc(=O)n(C)c1)c1ccc(-c2ccc(S(N)(=O)=O)cc2)cc1. The number of rotatable bonds is 7. The molecule has 1 heterocycles. The number of pyridine rings is 1. The third-order valence-electron chi connectivity index (χ3n) is 6.37. The first-order valence-electron chi connectivity index (χ1n) is 11.4. The molecule has 0 aliphatic heterocycles. The normalized spacial score (nSPS) is 12.9. The molecule has 0 bridgehead atoms. The lowest BCUT2D eigenvalue weighted by Crippen LogP contribution is -2.18. The molecule has 4 rings (SSSR count). The van der Waals surface area contributed by atoms with E-state index in [1.165, 1.54) is 34.9 Å². The van der Waals surface area contributed by atoms with Gasteiger partial charge in [-0.25, -0.2) is 17.9 Å². The van der Waals surface area contributed by atoms with Gasteiger partial charge >= 0.3 is 0 Å². The van der Waals surface area contributed by atoms with Gasteiger partial charge in [0.1, 0.15) is 5.82 Å². The second-order valence-corrected chi connectivity index (χ2v) is 10.4. The molecule has 0 saturated heterocycles. The molecule has 0 spiro atoms. The Morgan fingerprint density at radius 2 is 1.62 bits per heavy atom. The average Bonchev–Trinajstić information content (AvgIpc) is 2.87. The van der Waals surface area contributed by atoms with Crippen molar-refractivity contribution in [2.75, 3.05) is 0 Å². The van der Waals surface area contributed by atoms with E-state index >= 15 is 0 Å². The molecule has 0 aliphatic rings. The number of sulfonamides is 1. The molecule has 0 amide bonds. The van der Waals surface area contributed by atoms with Gasteiger partial charge in [0.25, 0.3) is 0 Å². The lowest BCUT2D eigenvalue weighted by atomic mass is 9.83. The highest BCUT2D eigenvalue weighted by molar-refractivity contribution is 7.89. The summed E-state index contributed by atoms with van der Waals surface area (Å²) in [5.74, 6) is -0.616. The van der Waals surface area contributed by atoms with Crippen molar-refractivity contribution in [3.05, 3.63) is 123 Å². The van der Waals surface area contributed by atoms with E-state index in [9.17, 15) is 22.8 Å². The van der Waals surface area contributed by atoms with E-state index < -0.39 is 10.0 Å². The van der Waals surface area contributed by atoms with Crippen LogP contribution in [0.3, 0.4) is 0 Å². The number of primary sulfonamides is 1. The Balaban J connectivity index is 1.72. The van der Waals surface area contributed by atoms with E-state index in [-0.39, 0.29) is 22.2 Å². The highest BCUT2D eigenvalue weighted by atomic mass is 32.2. The Morgan fingerprint density at radius 1 is 1.00 bits per heavy atom. The summed E-state index contributed by atoms with van der Waals surface area (Å²) in [5.41, 5.74) is 5.02. The quantitative estimate of drug-likeness (QED) is 0.212. The molecule has 0 aliphatic carbocycles. The lowest BCUT2D eigenvalue weighted by molar-refractivity contribution is 0.317. The number of aromatic nitrogens is 1. The lowest BCUT2D eigenvalue weighted by Gasteiger charge is -2.21.